The molecule has 0 aliphatic rings. The molecule has 0 heterocycles. The average Bonchev–Trinajstić information content (AvgIpc) is 2.10. The lowest BCUT2D eigenvalue weighted by Gasteiger charge is -2.24. The van der Waals surface area contributed by atoms with E-state index in [9.17, 15) is 5.11 Å². The third-order valence-electron chi connectivity index (χ3n) is 2.81. The lowest BCUT2D eigenvalue weighted by molar-refractivity contribution is 0.467. The Kier molecular flexibility index (Phi) is 2.94. The first kappa shape index (κ1) is 11.8. The van der Waals surface area contributed by atoms with Crippen LogP contribution in [0.25, 0.3) is 6.08 Å². The summed E-state index contributed by atoms with van der Waals surface area (Å²) in [5, 5.41) is 9.90. The van der Waals surface area contributed by atoms with Crippen molar-refractivity contribution < 1.29 is 5.11 Å². The van der Waals surface area contributed by atoms with Crippen molar-refractivity contribution in [3.8, 4) is 5.75 Å². The van der Waals surface area contributed by atoms with Crippen molar-refractivity contribution in [2.75, 3.05) is 0 Å². The largest absolute Gasteiger partial charge is 0.507 e. The number of benzene rings is 1. The predicted octanol–water partition coefficient (Wildman–Crippen LogP) is 3.95. The van der Waals surface area contributed by atoms with Crippen LogP contribution in [0.4, 0.5) is 0 Å². The molecule has 0 saturated heterocycles. The molecule has 0 bridgehead atoms. The van der Waals surface area contributed by atoms with Gasteiger partial charge in [-0.1, -0.05) is 39.5 Å². The van der Waals surface area contributed by atoms with Crippen molar-refractivity contribution in [3.05, 3.63) is 34.9 Å². The topological polar surface area (TPSA) is 20.2 Å². The third kappa shape index (κ3) is 2.06. The summed E-state index contributed by atoms with van der Waals surface area (Å²) in [7, 11) is 0. The van der Waals surface area contributed by atoms with Crippen LogP contribution in [0.15, 0.2) is 12.6 Å². The summed E-state index contributed by atoms with van der Waals surface area (Å²) >= 11 is 0. The van der Waals surface area contributed by atoms with Crippen LogP contribution in [0.2, 0.25) is 0 Å². The predicted molar refractivity (Wildman–Crippen MR) is 66.4 cm³/mol. The molecule has 0 fully saturated rings. The van der Waals surface area contributed by atoms with Crippen LogP contribution in [-0.4, -0.2) is 5.11 Å². The molecule has 1 rings (SSSR count). The first-order valence-electron chi connectivity index (χ1n) is 5.25. The van der Waals surface area contributed by atoms with Gasteiger partial charge in [0.1, 0.15) is 5.75 Å². The first-order valence-corrected chi connectivity index (χ1v) is 5.25. The zero-order valence-corrected chi connectivity index (χ0v) is 10.3. The van der Waals surface area contributed by atoms with E-state index in [0.717, 1.165) is 16.7 Å². The molecule has 0 saturated carbocycles. The highest BCUT2D eigenvalue weighted by molar-refractivity contribution is 5.64. The SMILES string of the molecule is C=Cc1c(C)c(C(C)(C)C)cc(C)c1O. The van der Waals surface area contributed by atoms with Crippen LogP contribution >= 0.6 is 0 Å². The number of rotatable bonds is 1. The molecule has 1 N–H and O–H groups in total. The van der Waals surface area contributed by atoms with Crippen LogP contribution in [0, 0.1) is 13.8 Å². The highest BCUT2D eigenvalue weighted by Crippen LogP contribution is 2.35. The van der Waals surface area contributed by atoms with E-state index < -0.39 is 0 Å². The maximum Gasteiger partial charge on any atom is 0.125 e. The van der Waals surface area contributed by atoms with Crippen LogP contribution in [0.3, 0.4) is 0 Å². The Morgan fingerprint density at radius 1 is 1.27 bits per heavy atom. The molecule has 0 spiro atoms. The molecule has 0 unspecified atom stereocenters. The van der Waals surface area contributed by atoms with Crippen molar-refractivity contribution in [2.45, 2.75) is 40.0 Å². The average molecular weight is 204 g/mol. The molecular formula is C14H20O. The summed E-state index contributed by atoms with van der Waals surface area (Å²) in [6, 6.07) is 2.07. The summed E-state index contributed by atoms with van der Waals surface area (Å²) in [5.41, 5.74) is 4.27. The van der Waals surface area contributed by atoms with E-state index in [1.54, 1.807) is 6.08 Å². The molecule has 0 aromatic heterocycles. The van der Waals surface area contributed by atoms with Crippen molar-refractivity contribution in [1.82, 2.24) is 0 Å². The molecule has 0 radical (unpaired) electrons. The fourth-order valence-corrected chi connectivity index (χ4v) is 1.96. The fourth-order valence-electron chi connectivity index (χ4n) is 1.96. The maximum absolute atomic E-state index is 9.90. The standard InChI is InChI=1S/C14H20O/c1-7-11-10(3)12(14(4,5)6)8-9(2)13(11)15/h7-8,15H,1H2,2-6H3. The molecule has 0 aliphatic carbocycles. The summed E-state index contributed by atoms with van der Waals surface area (Å²) in [5.74, 6) is 0.357. The van der Waals surface area contributed by atoms with E-state index >= 15 is 0 Å². The Balaban J connectivity index is 3.58. The zero-order chi connectivity index (χ0) is 11.8. The molecule has 1 aromatic rings. The van der Waals surface area contributed by atoms with Gasteiger partial charge in [-0.25, -0.2) is 0 Å². The van der Waals surface area contributed by atoms with Crippen molar-refractivity contribution in [3.63, 3.8) is 0 Å². The highest BCUT2D eigenvalue weighted by atomic mass is 16.3. The summed E-state index contributed by atoms with van der Waals surface area (Å²) in [6.07, 6.45) is 1.73. The Morgan fingerprint density at radius 3 is 2.20 bits per heavy atom. The van der Waals surface area contributed by atoms with Crippen LogP contribution < -0.4 is 0 Å². The second kappa shape index (κ2) is 3.73. The Labute approximate surface area is 92.5 Å². The van der Waals surface area contributed by atoms with Crippen molar-refractivity contribution in [1.29, 1.82) is 0 Å². The summed E-state index contributed by atoms with van der Waals surface area (Å²) < 4.78 is 0. The Bertz CT molecular complexity index is 395. The van der Waals surface area contributed by atoms with E-state index in [4.69, 9.17) is 0 Å². The number of aromatic hydroxyl groups is 1. The number of phenols is 1. The normalized spacial score (nSPS) is 11.5. The van der Waals surface area contributed by atoms with Crippen molar-refractivity contribution in [2.24, 2.45) is 0 Å². The van der Waals surface area contributed by atoms with Gasteiger partial charge in [0.25, 0.3) is 0 Å². The zero-order valence-electron chi connectivity index (χ0n) is 10.3. The minimum absolute atomic E-state index is 0.0975. The summed E-state index contributed by atoms with van der Waals surface area (Å²) in [6.45, 7) is 14.3. The minimum atomic E-state index is 0.0975. The quantitative estimate of drug-likeness (QED) is 0.734. The van der Waals surface area contributed by atoms with Gasteiger partial charge in [0.15, 0.2) is 0 Å². The smallest absolute Gasteiger partial charge is 0.125 e. The number of phenolic OH excluding ortho intramolecular Hbond substituents is 1. The second-order valence-corrected chi connectivity index (χ2v) is 5.08. The first-order chi connectivity index (χ1) is 6.79. The lowest BCUT2D eigenvalue weighted by Crippen LogP contribution is -2.14. The van der Waals surface area contributed by atoms with E-state index in [2.05, 4.69) is 33.4 Å². The third-order valence-corrected chi connectivity index (χ3v) is 2.81. The molecule has 0 atom stereocenters. The van der Waals surface area contributed by atoms with Gasteiger partial charge in [0.05, 0.1) is 0 Å². The molecule has 15 heavy (non-hydrogen) atoms. The highest BCUT2D eigenvalue weighted by Gasteiger charge is 2.20. The molecule has 1 nitrogen and oxygen atoms in total. The second-order valence-electron chi connectivity index (χ2n) is 5.08. The van der Waals surface area contributed by atoms with Gasteiger partial charge < -0.3 is 5.11 Å². The summed E-state index contributed by atoms with van der Waals surface area (Å²) in [4.78, 5) is 0. The molecule has 1 aromatic carbocycles. The molecule has 0 amide bonds. The van der Waals surface area contributed by atoms with Crippen LogP contribution in [-0.2, 0) is 5.41 Å². The van der Waals surface area contributed by atoms with Gasteiger partial charge in [-0.15, -0.1) is 0 Å². The van der Waals surface area contributed by atoms with E-state index in [1.165, 1.54) is 5.56 Å². The van der Waals surface area contributed by atoms with Gasteiger partial charge in [-0.3, -0.25) is 0 Å². The maximum atomic E-state index is 9.90. The molecule has 0 aliphatic heterocycles. The monoisotopic (exact) mass is 204 g/mol. The lowest BCUT2D eigenvalue weighted by atomic mass is 9.81. The number of hydrogen-bond acceptors (Lipinski definition) is 1. The van der Waals surface area contributed by atoms with Gasteiger partial charge in [-0.2, -0.15) is 0 Å². The van der Waals surface area contributed by atoms with E-state index in [0.29, 0.717) is 5.75 Å². The fraction of sp³-hybridized carbons (Fsp3) is 0.429. The van der Waals surface area contributed by atoms with Gasteiger partial charge in [0, 0.05) is 5.56 Å². The van der Waals surface area contributed by atoms with Crippen LogP contribution in [0.5, 0.6) is 5.75 Å². The molecule has 82 valence electrons. The van der Waals surface area contributed by atoms with E-state index in [-0.39, 0.29) is 5.41 Å². The van der Waals surface area contributed by atoms with E-state index in [1.807, 2.05) is 13.8 Å². The number of hydrogen-bond donors (Lipinski definition) is 1. The molecular weight excluding hydrogens is 184 g/mol. The Morgan fingerprint density at radius 2 is 1.80 bits per heavy atom. The minimum Gasteiger partial charge on any atom is -0.507 e. The van der Waals surface area contributed by atoms with Gasteiger partial charge in [0.2, 0.25) is 0 Å². The van der Waals surface area contributed by atoms with Crippen molar-refractivity contribution >= 4 is 6.08 Å². The molecule has 1 heteroatoms. The van der Waals surface area contributed by atoms with Gasteiger partial charge >= 0.3 is 0 Å². The number of aryl methyl sites for hydroxylation is 1. The Hall–Kier alpha value is -1.24. The van der Waals surface area contributed by atoms with Gasteiger partial charge in [-0.05, 0) is 36.0 Å². The van der Waals surface area contributed by atoms with Crippen LogP contribution in [0.1, 0.15) is 43.0 Å².